The number of rotatable bonds is 10. The standard InChI is InChI=1S/C21H26FN3OS/c1-2-3-4-8-11-26-20-13-18(12-19(22)14-20)15-24-25-21(23)27-16-17-9-6-5-7-10-17/h5-7,9-10,12-15H,2-4,8,11,16H2,1H3,(H2,23,25). The molecule has 0 amide bonds. The third-order valence-electron chi connectivity index (χ3n) is 3.75. The number of nitrogens with zero attached hydrogens (tertiary/aromatic N) is 2. The van der Waals surface area contributed by atoms with Crippen LogP contribution in [0.2, 0.25) is 0 Å². The van der Waals surface area contributed by atoms with Crippen molar-refractivity contribution < 1.29 is 9.13 Å². The Balaban J connectivity index is 1.85. The summed E-state index contributed by atoms with van der Waals surface area (Å²) in [6.07, 6.45) is 5.92. The van der Waals surface area contributed by atoms with Crippen LogP contribution in [0.5, 0.6) is 5.75 Å². The van der Waals surface area contributed by atoms with E-state index in [9.17, 15) is 4.39 Å². The van der Waals surface area contributed by atoms with Crippen LogP contribution in [0.15, 0.2) is 58.7 Å². The van der Waals surface area contributed by atoms with Gasteiger partial charge in [0.25, 0.3) is 0 Å². The Bertz CT molecular complexity index is 750. The van der Waals surface area contributed by atoms with E-state index in [-0.39, 0.29) is 5.82 Å². The van der Waals surface area contributed by atoms with Crippen molar-refractivity contribution in [2.75, 3.05) is 6.61 Å². The maximum absolute atomic E-state index is 13.7. The van der Waals surface area contributed by atoms with E-state index in [0.717, 1.165) is 24.2 Å². The van der Waals surface area contributed by atoms with Crippen LogP contribution in [0, 0.1) is 5.82 Å². The molecule has 0 aliphatic heterocycles. The lowest BCUT2D eigenvalue weighted by Gasteiger charge is -2.07. The van der Waals surface area contributed by atoms with Crippen molar-refractivity contribution in [3.8, 4) is 5.75 Å². The first-order chi connectivity index (χ1) is 13.2. The summed E-state index contributed by atoms with van der Waals surface area (Å²) < 4.78 is 19.4. The second-order valence-corrected chi connectivity index (χ2v) is 7.08. The van der Waals surface area contributed by atoms with Crippen LogP contribution in [0.25, 0.3) is 0 Å². The predicted molar refractivity (Wildman–Crippen MR) is 113 cm³/mol. The lowest BCUT2D eigenvalue weighted by atomic mass is 10.2. The van der Waals surface area contributed by atoms with Gasteiger partial charge in [-0.05, 0) is 24.1 Å². The molecule has 2 aromatic rings. The van der Waals surface area contributed by atoms with E-state index in [1.165, 1.54) is 43.0 Å². The number of unbranched alkanes of at least 4 members (excludes halogenated alkanes) is 3. The molecule has 0 fully saturated rings. The Morgan fingerprint density at radius 3 is 2.74 bits per heavy atom. The van der Waals surface area contributed by atoms with Crippen LogP contribution in [-0.2, 0) is 5.75 Å². The van der Waals surface area contributed by atoms with Gasteiger partial charge in [-0.1, -0.05) is 68.3 Å². The van der Waals surface area contributed by atoms with E-state index in [4.69, 9.17) is 10.5 Å². The molecule has 2 aromatic carbocycles. The zero-order valence-electron chi connectivity index (χ0n) is 15.6. The lowest BCUT2D eigenvalue weighted by Crippen LogP contribution is -2.06. The molecule has 2 N–H and O–H groups in total. The van der Waals surface area contributed by atoms with Crippen LogP contribution in [0.1, 0.15) is 43.7 Å². The Morgan fingerprint density at radius 2 is 1.96 bits per heavy atom. The quantitative estimate of drug-likeness (QED) is 0.258. The van der Waals surface area contributed by atoms with Gasteiger partial charge in [0.05, 0.1) is 12.8 Å². The van der Waals surface area contributed by atoms with Gasteiger partial charge in [-0.25, -0.2) is 4.39 Å². The fraction of sp³-hybridized carbons (Fsp3) is 0.333. The first kappa shape index (κ1) is 21.0. The van der Waals surface area contributed by atoms with Crippen molar-refractivity contribution in [3.05, 3.63) is 65.5 Å². The van der Waals surface area contributed by atoms with E-state index in [0.29, 0.717) is 23.1 Å². The number of halogens is 1. The Kier molecular flexibility index (Phi) is 9.41. The molecule has 0 aromatic heterocycles. The number of hydrogen-bond acceptors (Lipinski definition) is 4. The maximum atomic E-state index is 13.7. The third-order valence-corrected chi connectivity index (χ3v) is 4.61. The van der Waals surface area contributed by atoms with Crippen molar-refractivity contribution in [3.63, 3.8) is 0 Å². The average Bonchev–Trinajstić information content (AvgIpc) is 2.67. The monoisotopic (exact) mass is 387 g/mol. The molecule has 2 rings (SSSR count). The van der Waals surface area contributed by atoms with E-state index >= 15 is 0 Å². The van der Waals surface area contributed by atoms with Crippen LogP contribution in [0.4, 0.5) is 4.39 Å². The number of amidine groups is 1. The molecule has 0 heterocycles. The van der Waals surface area contributed by atoms with Gasteiger partial charge in [0, 0.05) is 17.4 Å². The highest BCUT2D eigenvalue weighted by Crippen LogP contribution is 2.16. The van der Waals surface area contributed by atoms with Gasteiger partial charge in [-0.2, -0.15) is 5.10 Å². The van der Waals surface area contributed by atoms with Crippen LogP contribution < -0.4 is 10.5 Å². The molecule has 0 unspecified atom stereocenters. The highest BCUT2D eigenvalue weighted by Gasteiger charge is 2.01. The number of benzene rings is 2. The molecule has 0 radical (unpaired) electrons. The van der Waals surface area contributed by atoms with E-state index in [2.05, 4.69) is 17.1 Å². The molecule has 0 spiro atoms. The maximum Gasteiger partial charge on any atom is 0.180 e. The molecule has 0 saturated carbocycles. The average molecular weight is 388 g/mol. The first-order valence-corrected chi connectivity index (χ1v) is 10.1. The molecule has 144 valence electrons. The fourth-order valence-corrected chi connectivity index (χ4v) is 2.99. The SMILES string of the molecule is CCCCCCOc1cc(F)cc(C=NN=C(N)SCc2ccccc2)c1. The van der Waals surface area contributed by atoms with Gasteiger partial charge in [0.1, 0.15) is 11.6 Å². The van der Waals surface area contributed by atoms with Gasteiger partial charge >= 0.3 is 0 Å². The molecule has 6 heteroatoms. The van der Waals surface area contributed by atoms with Crippen molar-refractivity contribution in [1.82, 2.24) is 0 Å². The summed E-state index contributed by atoms with van der Waals surface area (Å²) in [6, 6.07) is 14.5. The molecule has 4 nitrogen and oxygen atoms in total. The summed E-state index contributed by atoms with van der Waals surface area (Å²) in [5.41, 5.74) is 7.60. The number of ether oxygens (including phenoxy) is 1. The fourth-order valence-electron chi connectivity index (χ4n) is 2.37. The third kappa shape index (κ3) is 8.73. The molecular weight excluding hydrogens is 361 g/mol. The topological polar surface area (TPSA) is 60.0 Å². The predicted octanol–water partition coefficient (Wildman–Crippen LogP) is 5.37. The van der Waals surface area contributed by atoms with E-state index in [1.54, 1.807) is 6.07 Å². The van der Waals surface area contributed by atoms with Crippen molar-refractivity contribution in [1.29, 1.82) is 0 Å². The van der Waals surface area contributed by atoms with Gasteiger partial charge in [0.15, 0.2) is 5.17 Å². The van der Waals surface area contributed by atoms with Crippen molar-refractivity contribution in [2.24, 2.45) is 15.9 Å². The second kappa shape index (κ2) is 12.1. The number of thioether (sulfide) groups is 1. The van der Waals surface area contributed by atoms with Crippen molar-refractivity contribution >= 4 is 23.1 Å². The Hall–Kier alpha value is -2.34. The second-order valence-electron chi connectivity index (χ2n) is 6.09. The summed E-state index contributed by atoms with van der Waals surface area (Å²) in [4.78, 5) is 0. The molecule has 0 aliphatic carbocycles. The highest BCUT2D eigenvalue weighted by molar-refractivity contribution is 8.13. The smallest absolute Gasteiger partial charge is 0.180 e. The summed E-state index contributed by atoms with van der Waals surface area (Å²) in [5.74, 6) is 0.864. The molecular formula is C21H26FN3OS. The van der Waals surface area contributed by atoms with Gasteiger partial charge in [0.2, 0.25) is 0 Å². The number of nitrogens with two attached hydrogens (primary N) is 1. The summed E-state index contributed by atoms with van der Waals surface area (Å²) in [6.45, 7) is 2.75. The lowest BCUT2D eigenvalue weighted by molar-refractivity contribution is 0.303. The first-order valence-electron chi connectivity index (χ1n) is 9.14. The Morgan fingerprint density at radius 1 is 1.15 bits per heavy atom. The Labute approximate surface area is 164 Å². The minimum Gasteiger partial charge on any atom is -0.493 e. The summed E-state index contributed by atoms with van der Waals surface area (Å²) in [7, 11) is 0. The zero-order chi connectivity index (χ0) is 19.3. The van der Waals surface area contributed by atoms with E-state index in [1.807, 2.05) is 30.3 Å². The summed E-state index contributed by atoms with van der Waals surface area (Å²) in [5, 5.41) is 8.27. The molecule has 27 heavy (non-hydrogen) atoms. The van der Waals surface area contributed by atoms with Gasteiger partial charge in [-0.15, -0.1) is 5.10 Å². The largest absolute Gasteiger partial charge is 0.493 e. The minimum absolute atomic E-state index is 0.360. The van der Waals surface area contributed by atoms with Crippen molar-refractivity contribution in [2.45, 2.75) is 38.4 Å². The van der Waals surface area contributed by atoms with Crippen LogP contribution in [0.3, 0.4) is 0 Å². The molecule has 0 bridgehead atoms. The molecule has 0 atom stereocenters. The highest BCUT2D eigenvalue weighted by atomic mass is 32.2. The number of hydrogen-bond donors (Lipinski definition) is 1. The van der Waals surface area contributed by atoms with Crippen LogP contribution in [-0.4, -0.2) is 18.0 Å². The van der Waals surface area contributed by atoms with Gasteiger partial charge < -0.3 is 10.5 Å². The molecule has 0 saturated heterocycles. The summed E-state index contributed by atoms with van der Waals surface area (Å²) >= 11 is 1.40. The van der Waals surface area contributed by atoms with Gasteiger partial charge in [-0.3, -0.25) is 0 Å². The molecule has 0 aliphatic rings. The van der Waals surface area contributed by atoms with Crippen LogP contribution >= 0.6 is 11.8 Å². The van der Waals surface area contributed by atoms with E-state index < -0.39 is 0 Å². The normalized spacial score (nSPS) is 11.9. The zero-order valence-corrected chi connectivity index (χ0v) is 16.4. The minimum atomic E-state index is -0.363.